The molecule has 0 heterocycles. The second kappa shape index (κ2) is 4.48. The maximum Gasteiger partial charge on any atom is 0.0604 e. The van der Waals surface area contributed by atoms with Gasteiger partial charge in [0.15, 0.2) is 0 Å². The van der Waals surface area contributed by atoms with Gasteiger partial charge >= 0.3 is 0 Å². The number of anilines is 1. The van der Waals surface area contributed by atoms with Crippen LogP contribution >= 0.6 is 15.9 Å². The maximum atomic E-state index is 8.61. The molecule has 0 aromatic heterocycles. The molecule has 0 amide bonds. The Morgan fingerprint density at radius 3 is 2.92 bits per heavy atom. The largest absolute Gasteiger partial charge is 0.395 e. The lowest BCUT2D eigenvalue weighted by atomic mass is 10.2. The summed E-state index contributed by atoms with van der Waals surface area (Å²) in [6.45, 7) is 2.79. The van der Waals surface area contributed by atoms with Gasteiger partial charge in [-0.15, -0.1) is 0 Å². The van der Waals surface area contributed by atoms with E-state index in [4.69, 9.17) is 5.11 Å². The van der Waals surface area contributed by atoms with Crippen molar-refractivity contribution in [2.75, 3.05) is 18.5 Å². The number of aryl methyl sites for hydroxylation is 1. The molecule has 0 aliphatic rings. The van der Waals surface area contributed by atoms with Crippen LogP contribution < -0.4 is 5.32 Å². The summed E-state index contributed by atoms with van der Waals surface area (Å²) in [4.78, 5) is 0. The van der Waals surface area contributed by atoms with E-state index in [9.17, 15) is 0 Å². The van der Waals surface area contributed by atoms with Crippen molar-refractivity contribution < 1.29 is 5.11 Å². The molecular formula is C9H12BrNO. The predicted molar refractivity (Wildman–Crippen MR) is 54.5 cm³/mol. The van der Waals surface area contributed by atoms with Gasteiger partial charge in [-0.3, -0.25) is 0 Å². The lowest BCUT2D eigenvalue weighted by Crippen LogP contribution is -2.06. The molecule has 0 aliphatic heterocycles. The van der Waals surface area contributed by atoms with E-state index in [0.29, 0.717) is 6.54 Å². The summed E-state index contributed by atoms with van der Waals surface area (Å²) >= 11 is 3.39. The van der Waals surface area contributed by atoms with Gasteiger partial charge in [0.25, 0.3) is 0 Å². The van der Waals surface area contributed by atoms with Gasteiger partial charge in [-0.05, 0) is 24.6 Å². The molecule has 66 valence electrons. The lowest BCUT2D eigenvalue weighted by Gasteiger charge is -2.07. The van der Waals surface area contributed by atoms with Crippen molar-refractivity contribution in [3.05, 3.63) is 28.2 Å². The van der Waals surface area contributed by atoms with Crippen molar-refractivity contribution in [2.45, 2.75) is 6.92 Å². The second-order valence-electron chi connectivity index (χ2n) is 2.61. The Hall–Kier alpha value is -0.540. The third kappa shape index (κ3) is 2.50. The molecular weight excluding hydrogens is 218 g/mol. The quantitative estimate of drug-likeness (QED) is 0.833. The van der Waals surface area contributed by atoms with E-state index >= 15 is 0 Å². The number of hydrogen-bond donors (Lipinski definition) is 2. The second-order valence-corrected chi connectivity index (χ2v) is 3.53. The molecule has 0 saturated heterocycles. The van der Waals surface area contributed by atoms with Gasteiger partial charge in [-0.1, -0.05) is 22.0 Å². The van der Waals surface area contributed by atoms with Crippen LogP contribution in [-0.2, 0) is 0 Å². The highest BCUT2D eigenvalue weighted by atomic mass is 79.9. The number of aliphatic hydroxyl groups is 1. The van der Waals surface area contributed by atoms with Gasteiger partial charge in [0.2, 0.25) is 0 Å². The van der Waals surface area contributed by atoms with Crippen molar-refractivity contribution in [3.63, 3.8) is 0 Å². The molecule has 0 fully saturated rings. The molecule has 1 rings (SSSR count). The van der Waals surface area contributed by atoms with Crippen molar-refractivity contribution in [3.8, 4) is 0 Å². The van der Waals surface area contributed by atoms with Gasteiger partial charge in [0, 0.05) is 16.7 Å². The molecule has 2 N–H and O–H groups in total. The van der Waals surface area contributed by atoms with E-state index < -0.39 is 0 Å². The third-order valence-electron chi connectivity index (χ3n) is 1.63. The molecule has 0 aliphatic carbocycles. The van der Waals surface area contributed by atoms with Gasteiger partial charge in [0.05, 0.1) is 6.61 Å². The minimum absolute atomic E-state index is 0.159. The van der Waals surface area contributed by atoms with Gasteiger partial charge in [0.1, 0.15) is 0 Å². The molecule has 12 heavy (non-hydrogen) atoms. The third-order valence-corrected chi connectivity index (χ3v) is 2.12. The zero-order chi connectivity index (χ0) is 8.97. The minimum atomic E-state index is 0.159. The van der Waals surface area contributed by atoms with E-state index in [-0.39, 0.29) is 6.61 Å². The van der Waals surface area contributed by atoms with Gasteiger partial charge in [-0.25, -0.2) is 0 Å². The minimum Gasteiger partial charge on any atom is -0.395 e. The summed E-state index contributed by atoms with van der Waals surface area (Å²) in [6, 6.07) is 6.04. The van der Waals surface area contributed by atoms with Crippen molar-refractivity contribution in [1.29, 1.82) is 0 Å². The van der Waals surface area contributed by atoms with Crippen LogP contribution in [0.15, 0.2) is 22.7 Å². The van der Waals surface area contributed by atoms with Crippen LogP contribution in [0.25, 0.3) is 0 Å². The molecule has 1 aromatic carbocycles. The number of aliphatic hydroxyl groups excluding tert-OH is 1. The van der Waals surface area contributed by atoms with Crippen LogP contribution in [0.2, 0.25) is 0 Å². The molecule has 0 bridgehead atoms. The standard InChI is InChI=1S/C9H12BrNO/c1-7-2-3-8(10)6-9(7)11-4-5-12/h2-3,6,11-12H,4-5H2,1H3. The zero-order valence-electron chi connectivity index (χ0n) is 6.97. The number of rotatable bonds is 3. The lowest BCUT2D eigenvalue weighted by molar-refractivity contribution is 0.311. The summed E-state index contributed by atoms with van der Waals surface area (Å²) < 4.78 is 1.05. The molecule has 3 heteroatoms. The van der Waals surface area contributed by atoms with E-state index in [2.05, 4.69) is 21.2 Å². The molecule has 0 spiro atoms. The zero-order valence-corrected chi connectivity index (χ0v) is 8.56. The molecule has 0 atom stereocenters. The van der Waals surface area contributed by atoms with Crippen molar-refractivity contribution in [1.82, 2.24) is 0 Å². The van der Waals surface area contributed by atoms with Crippen LogP contribution in [0.5, 0.6) is 0 Å². The van der Waals surface area contributed by atoms with Crippen LogP contribution in [0.1, 0.15) is 5.56 Å². The topological polar surface area (TPSA) is 32.3 Å². The monoisotopic (exact) mass is 229 g/mol. The first kappa shape index (κ1) is 9.55. The van der Waals surface area contributed by atoms with E-state index in [0.717, 1.165) is 10.2 Å². The summed E-state index contributed by atoms with van der Waals surface area (Å²) in [7, 11) is 0. The summed E-state index contributed by atoms with van der Waals surface area (Å²) in [5, 5.41) is 11.7. The highest BCUT2D eigenvalue weighted by Crippen LogP contribution is 2.19. The first-order chi connectivity index (χ1) is 5.74. The Labute approximate surface area is 80.7 Å². The fourth-order valence-corrected chi connectivity index (χ4v) is 1.34. The summed E-state index contributed by atoms with van der Waals surface area (Å²) in [6.07, 6.45) is 0. The van der Waals surface area contributed by atoms with E-state index in [1.165, 1.54) is 5.56 Å². The molecule has 0 radical (unpaired) electrons. The van der Waals surface area contributed by atoms with Gasteiger partial charge < -0.3 is 10.4 Å². The van der Waals surface area contributed by atoms with Crippen molar-refractivity contribution >= 4 is 21.6 Å². The average Bonchev–Trinajstić information content (AvgIpc) is 2.07. The highest BCUT2D eigenvalue weighted by molar-refractivity contribution is 9.10. The Morgan fingerprint density at radius 1 is 1.50 bits per heavy atom. The SMILES string of the molecule is Cc1ccc(Br)cc1NCCO. The van der Waals surface area contributed by atoms with E-state index in [1.54, 1.807) is 0 Å². The smallest absolute Gasteiger partial charge is 0.0604 e. The number of benzene rings is 1. The van der Waals surface area contributed by atoms with E-state index in [1.807, 2.05) is 25.1 Å². The van der Waals surface area contributed by atoms with Crippen molar-refractivity contribution in [2.24, 2.45) is 0 Å². The Morgan fingerprint density at radius 2 is 2.25 bits per heavy atom. The first-order valence-corrected chi connectivity index (χ1v) is 4.64. The fraction of sp³-hybridized carbons (Fsp3) is 0.333. The number of halogens is 1. The highest BCUT2D eigenvalue weighted by Gasteiger charge is 1.96. The molecule has 0 unspecified atom stereocenters. The van der Waals surface area contributed by atoms with Crippen LogP contribution in [0, 0.1) is 6.92 Å². The fourth-order valence-electron chi connectivity index (χ4n) is 0.975. The average molecular weight is 230 g/mol. The Bertz CT molecular complexity index is 263. The maximum absolute atomic E-state index is 8.61. The Kier molecular flexibility index (Phi) is 3.56. The molecule has 0 saturated carbocycles. The first-order valence-electron chi connectivity index (χ1n) is 3.85. The van der Waals surface area contributed by atoms with Crippen LogP contribution in [-0.4, -0.2) is 18.3 Å². The van der Waals surface area contributed by atoms with Gasteiger partial charge in [-0.2, -0.15) is 0 Å². The summed E-state index contributed by atoms with van der Waals surface area (Å²) in [5.41, 5.74) is 2.25. The van der Waals surface area contributed by atoms with Crippen LogP contribution in [0.4, 0.5) is 5.69 Å². The van der Waals surface area contributed by atoms with Crippen LogP contribution in [0.3, 0.4) is 0 Å². The predicted octanol–water partition coefficient (Wildman–Crippen LogP) is 2.16. The summed E-state index contributed by atoms with van der Waals surface area (Å²) in [5.74, 6) is 0. The number of nitrogens with one attached hydrogen (secondary N) is 1. The normalized spacial score (nSPS) is 9.92. The molecule has 1 aromatic rings. The Balaban J connectivity index is 2.75. The molecule has 2 nitrogen and oxygen atoms in total. The number of hydrogen-bond acceptors (Lipinski definition) is 2.